The molecule has 1 aromatic heterocycles. The van der Waals surface area contributed by atoms with Crippen molar-refractivity contribution < 1.29 is 5.11 Å². The van der Waals surface area contributed by atoms with Gasteiger partial charge in [0.25, 0.3) is 0 Å². The van der Waals surface area contributed by atoms with Gasteiger partial charge in [-0.3, -0.25) is 0 Å². The summed E-state index contributed by atoms with van der Waals surface area (Å²) >= 11 is 0. The summed E-state index contributed by atoms with van der Waals surface area (Å²) in [5, 5.41) is 13.0. The lowest BCUT2D eigenvalue weighted by molar-refractivity contribution is 0.119. The zero-order valence-electron chi connectivity index (χ0n) is 9.92. The maximum absolute atomic E-state index is 9.55. The van der Waals surface area contributed by atoms with Crippen molar-refractivity contribution in [1.29, 1.82) is 0 Å². The number of rotatable bonds is 4. The molecule has 0 saturated heterocycles. The highest BCUT2D eigenvalue weighted by Gasteiger charge is 2.30. The maximum atomic E-state index is 9.55. The lowest BCUT2D eigenvalue weighted by Gasteiger charge is -2.36. The highest BCUT2D eigenvalue weighted by Crippen LogP contribution is 2.28. The Kier molecular flexibility index (Phi) is 3.61. The lowest BCUT2D eigenvalue weighted by Crippen LogP contribution is -2.49. The van der Waals surface area contributed by atoms with Crippen LogP contribution in [0.1, 0.15) is 43.5 Å². The fraction of sp³-hybridized carbons (Fsp3) is 0.750. The number of nitrogens with one attached hydrogen (secondary N) is 2. The molecule has 4 heteroatoms. The van der Waals surface area contributed by atoms with E-state index < -0.39 is 0 Å². The number of aryl methyl sites for hydroxylation is 1. The first-order chi connectivity index (χ1) is 7.76. The standard InChI is InChI=1S/C12H21N3O/c1-10-11(14-9-13-10)7-15-12(8-16)5-3-2-4-6-12/h9,15-16H,2-8H2,1H3,(H,13,14). The molecule has 1 saturated carbocycles. The monoisotopic (exact) mass is 223 g/mol. The molecule has 1 fully saturated rings. The van der Waals surface area contributed by atoms with Gasteiger partial charge < -0.3 is 15.4 Å². The molecule has 1 heterocycles. The first-order valence-electron chi connectivity index (χ1n) is 6.10. The van der Waals surface area contributed by atoms with Gasteiger partial charge in [0.2, 0.25) is 0 Å². The maximum Gasteiger partial charge on any atom is 0.0925 e. The van der Waals surface area contributed by atoms with Gasteiger partial charge >= 0.3 is 0 Å². The molecule has 0 unspecified atom stereocenters. The van der Waals surface area contributed by atoms with E-state index >= 15 is 0 Å². The molecule has 0 aliphatic heterocycles. The van der Waals surface area contributed by atoms with E-state index in [1.165, 1.54) is 19.3 Å². The number of nitrogens with zero attached hydrogens (tertiary/aromatic N) is 1. The Hall–Kier alpha value is -0.870. The van der Waals surface area contributed by atoms with Crippen molar-refractivity contribution in [3.8, 4) is 0 Å². The molecule has 1 aliphatic carbocycles. The minimum Gasteiger partial charge on any atom is -0.394 e. The quantitative estimate of drug-likeness (QED) is 0.725. The summed E-state index contributed by atoms with van der Waals surface area (Å²) in [6.07, 6.45) is 7.60. The van der Waals surface area contributed by atoms with Gasteiger partial charge in [0.15, 0.2) is 0 Å². The first kappa shape index (κ1) is 11.6. The van der Waals surface area contributed by atoms with Gasteiger partial charge in [-0.2, -0.15) is 0 Å². The number of aliphatic hydroxyl groups is 1. The van der Waals surface area contributed by atoms with Crippen LogP contribution in [0, 0.1) is 6.92 Å². The van der Waals surface area contributed by atoms with Crippen LogP contribution in [-0.4, -0.2) is 27.2 Å². The summed E-state index contributed by atoms with van der Waals surface area (Å²) in [6, 6.07) is 0. The van der Waals surface area contributed by atoms with Gasteiger partial charge in [0.1, 0.15) is 0 Å². The molecule has 16 heavy (non-hydrogen) atoms. The van der Waals surface area contributed by atoms with Gasteiger partial charge in [0, 0.05) is 17.8 Å². The van der Waals surface area contributed by atoms with Crippen molar-refractivity contribution in [3.05, 3.63) is 17.7 Å². The molecule has 2 rings (SSSR count). The van der Waals surface area contributed by atoms with Gasteiger partial charge in [-0.25, -0.2) is 4.98 Å². The number of aliphatic hydroxyl groups excluding tert-OH is 1. The predicted molar refractivity (Wildman–Crippen MR) is 63.1 cm³/mol. The summed E-state index contributed by atoms with van der Waals surface area (Å²) < 4.78 is 0. The molecule has 4 nitrogen and oxygen atoms in total. The van der Waals surface area contributed by atoms with Crippen LogP contribution in [0.2, 0.25) is 0 Å². The molecule has 0 spiro atoms. The number of aromatic nitrogens is 2. The smallest absolute Gasteiger partial charge is 0.0925 e. The Labute approximate surface area is 96.5 Å². The second-order valence-electron chi connectivity index (χ2n) is 4.83. The van der Waals surface area contributed by atoms with Gasteiger partial charge in [-0.05, 0) is 19.8 Å². The van der Waals surface area contributed by atoms with E-state index in [2.05, 4.69) is 15.3 Å². The molecular weight excluding hydrogens is 202 g/mol. The third-order valence-electron chi connectivity index (χ3n) is 3.68. The predicted octanol–water partition coefficient (Wildman–Crippen LogP) is 1.50. The van der Waals surface area contributed by atoms with Gasteiger partial charge in [-0.1, -0.05) is 19.3 Å². The van der Waals surface area contributed by atoms with Gasteiger partial charge in [0.05, 0.1) is 18.6 Å². The van der Waals surface area contributed by atoms with Crippen LogP contribution in [0.3, 0.4) is 0 Å². The Morgan fingerprint density at radius 2 is 2.19 bits per heavy atom. The van der Waals surface area contributed by atoms with Crippen molar-refractivity contribution in [1.82, 2.24) is 15.3 Å². The summed E-state index contributed by atoms with van der Waals surface area (Å²) in [5.41, 5.74) is 2.10. The zero-order valence-corrected chi connectivity index (χ0v) is 9.92. The average Bonchev–Trinajstić information content (AvgIpc) is 2.74. The van der Waals surface area contributed by atoms with Crippen molar-refractivity contribution in [2.24, 2.45) is 0 Å². The fourth-order valence-corrected chi connectivity index (χ4v) is 2.46. The zero-order chi connectivity index (χ0) is 11.4. The minimum atomic E-state index is -0.0658. The highest BCUT2D eigenvalue weighted by atomic mass is 16.3. The molecule has 1 aromatic rings. The molecule has 1 aliphatic rings. The van der Waals surface area contributed by atoms with Crippen molar-refractivity contribution in [2.75, 3.05) is 6.61 Å². The SMILES string of the molecule is Cc1[nH]cnc1CNC1(CO)CCCCC1. The molecule has 0 amide bonds. The highest BCUT2D eigenvalue weighted by molar-refractivity contribution is 5.09. The average molecular weight is 223 g/mol. The van der Waals surface area contributed by atoms with E-state index in [4.69, 9.17) is 0 Å². The molecular formula is C12H21N3O. The lowest BCUT2D eigenvalue weighted by atomic mass is 9.82. The number of hydrogen-bond donors (Lipinski definition) is 3. The number of hydrogen-bond acceptors (Lipinski definition) is 3. The molecule has 0 aromatic carbocycles. The van der Waals surface area contributed by atoms with Crippen LogP contribution in [0.5, 0.6) is 0 Å². The van der Waals surface area contributed by atoms with E-state index in [-0.39, 0.29) is 12.1 Å². The second kappa shape index (κ2) is 4.97. The van der Waals surface area contributed by atoms with Crippen molar-refractivity contribution >= 4 is 0 Å². The summed E-state index contributed by atoms with van der Waals surface area (Å²) in [5.74, 6) is 0. The number of aromatic amines is 1. The van der Waals surface area contributed by atoms with E-state index in [9.17, 15) is 5.11 Å². The molecule has 0 atom stereocenters. The summed E-state index contributed by atoms with van der Waals surface area (Å²) in [4.78, 5) is 7.34. The summed E-state index contributed by atoms with van der Waals surface area (Å²) in [7, 11) is 0. The second-order valence-corrected chi connectivity index (χ2v) is 4.83. The van der Waals surface area contributed by atoms with Crippen molar-refractivity contribution in [2.45, 2.75) is 51.1 Å². The minimum absolute atomic E-state index is 0.0658. The van der Waals surface area contributed by atoms with E-state index in [0.29, 0.717) is 0 Å². The Morgan fingerprint density at radius 3 is 2.75 bits per heavy atom. The first-order valence-corrected chi connectivity index (χ1v) is 6.10. The van der Waals surface area contributed by atoms with Crippen LogP contribution in [0.4, 0.5) is 0 Å². The van der Waals surface area contributed by atoms with E-state index in [1.54, 1.807) is 6.33 Å². The van der Waals surface area contributed by atoms with Crippen LogP contribution >= 0.6 is 0 Å². The third kappa shape index (κ3) is 2.44. The molecule has 0 radical (unpaired) electrons. The van der Waals surface area contributed by atoms with Crippen molar-refractivity contribution in [3.63, 3.8) is 0 Å². The largest absolute Gasteiger partial charge is 0.394 e. The number of imidazole rings is 1. The molecule has 3 N–H and O–H groups in total. The van der Waals surface area contributed by atoms with Crippen LogP contribution < -0.4 is 5.32 Å². The van der Waals surface area contributed by atoms with Crippen LogP contribution in [0.15, 0.2) is 6.33 Å². The van der Waals surface area contributed by atoms with Gasteiger partial charge in [-0.15, -0.1) is 0 Å². The van der Waals surface area contributed by atoms with Crippen LogP contribution in [-0.2, 0) is 6.54 Å². The molecule has 90 valence electrons. The van der Waals surface area contributed by atoms with E-state index in [0.717, 1.165) is 30.8 Å². The topological polar surface area (TPSA) is 60.9 Å². The summed E-state index contributed by atoms with van der Waals surface area (Å²) in [6.45, 7) is 3.00. The Bertz CT molecular complexity index is 329. The molecule has 0 bridgehead atoms. The van der Waals surface area contributed by atoms with Crippen LogP contribution in [0.25, 0.3) is 0 Å². The number of H-pyrrole nitrogens is 1. The normalized spacial score (nSPS) is 19.9. The fourth-order valence-electron chi connectivity index (χ4n) is 2.46. The Morgan fingerprint density at radius 1 is 1.44 bits per heavy atom. The third-order valence-corrected chi connectivity index (χ3v) is 3.68. The Balaban J connectivity index is 1.94. The van der Waals surface area contributed by atoms with E-state index in [1.807, 2.05) is 6.92 Å².